The summed E-state index contributed by atoms with van der Waals surface area (Å²) in [6.45, 7) is 3.17. The van der Waals surface area contributed by atoms with E-state index in [2.05, 4.69) is 9.88 Å². The molecule has 0 aliphatic carbocycles. The van der Waals surface area contributed by atoms with Gasteiger partial charge in [0.25, 0.3) is 5.91 Å². The molecule has 0 atom stereocenters. The van der Waals surface area contributed by atoms with Gasteiger partial charge in [0.15, 0.2) is 0 Å². The van der Waals surface area contributed by atoms with Crippen LogP contribution in [0.5, 0.6) is 5.75 Å². The molecule has 150 valence electrons. The van der Waals surface area contributed by atoms with Gasteiger partial charge in [-0.15, -0.1) is 11.3 Å². The smallest absolute Gasteiger partial charge is 0.273 e. The van der Waals surface area contributed by atoms with Crippen molar-refractivity contribution in [2.75, 3.05) is 26.2 Å². The zero-order chi connectivity index (χ0) is 20.4. The average Bonchev–Trinajstić information content (AvgIpc) is 3.18. The van der Waals surface area contributed by atoms with E-state index in [9.17, 15) is 18.7 Å². The van der Waals surface area contributed by atoms with Crippen molar-refractivity contribution in [1.29, 1.82) is 0 Å². The summed E-state index contributed by atoms with van der Waals surface area (Å²) in [6, 6.07) is 10.8. The van der Waals surface area contributed by atoms with E-state index in [4.69, 9.17) is 0 Å². The molecule has 0 spiro atoms. The fourth-order valence-corrected chi connectivity index (χ4v) is 4.21. The Labute approximate surface area is 170 Å². The van der Waals surface area contributed by atoms with Crippen LogP contribution in [0.15, 0.2) is 47.8 Å². The van der Waals surface area contributed by atoms with Crippen LogP contribution in [-0.2, 0) is 6.54 Å². The van der Waals surface area contributed by atoms with Crippen molar-refractivity contribution in [2.45, 2.75) is 6.54 Å². The molecule has 2 aromatic carbocycles. The largest absolute Gasteiger partial charge is 0.508 e. The lowest BCUT2D eigenvalue weighted by molar-refractivity contribution is 0.0623. The van der Waals surface area contributed by atoms with Crippen molar-refractivity contribution in [1.82, 2.24) is 14.8 Å². The highest BCUT2D eigenvalue weighted by Gasteiger charge is 2.25. The van der Waals surface area contributed by atoms with Crippen molar-refractivity contribution >= 4 is 17.2 Å². The topological polar surface area (TPSA) is 56.7 Å². The molecule has 1 saturated heterocycles. The lowest BCUT2D eigenvalue weighted by atomic mass is 10.2. The van der Waals surface area contributed by atoms with Gasteiger partial charge in [-0.2, -0.15) is 0 Å². The van der Waals surface area contributed by atoms with E-state index < -0.39 is 11.6 Å². The van der Waals surface area contributed by atoms with E-state index in [1.165, 1.54) is 18.2 Å². The van der Waals surface area contributed by atoms with Crippen molar-refractivity contribution in [3.8, 4) is 16.3 Å². The Morgan fingerprint density at radius 2 is 1.76 bits per heavy atom. The maximum atomic E-state index is 14.0. The molecule has 8 heteroatoms. The molecule has 0 saturated carbocycles. The number of halogens is 2. The predicted octanol–water partition coefficient (Wildman–Crippen LogP) is 3.75. The van der Waals surface area contributed by atoms with Crippen LogP contribution in [0.3, 0.4) is 0 Å². The summed E-state index contributed by atoms with van der Waals surface area (Å²) in [5.41, 5.74) is 1.02. The SMILES string of the molecule is O=C(c1csc(-c2c(F)cccc2F)n1)N1CCN(Cc2cccc(O)c2)CC1. The number of benzene rings is 2. The van der Waals surface area contributed by atoms with Crippen molar-refractivity contribution in [2.24, 2.45) is 0 Å². The lowest BCUT2D eigenvalue weighted by Gasteiger charge is -2.34. The highest BCUT2D eigenvalue weighted by Crippen LogP contribution is 2.29. The molecule has 1 N–H and O–H groups in total. The second-order valence-corrected chi connectivity index (χ2v) is 7.73. The number of thiazole rings is 1. The summed E-state index contributed by atoms with van der Waals surface area (Å²) in [6.07, 6.45) is 0. The number of carbonyl (C=O) groups excluding carboxylic acids is 1. The molecule has 5 nitrogen and oxygen atoms in total. The van der Waals surface area contributed by atoms with E-state index in [1.807, 2.05) is 12.1 Å². The molecule has 1 aromatic heterocycles. The number of phenolic OH excluding ortho intramolecular Hbond substituents is 1. The number of aromatic nitrogens is 1. The van der Waals surface area contributed by atoms with Crippen LogP contribution in [0.2, 0.25) is 0 Å². The first-order valence-electron chi connectivity index (χ1n) is 9.21. The van der Waals surface area contributed by atoms with Gasteiger partial charge in [-0.05, 0) is 29.8 Å². The first-order valence-corrected chi connectivity index (χ1v) is 10.1. The minimum atomic E-state index is -0.695. The van der Waals surface area contributed by atoms with Crippen LogP contribution in [0, 0.1) is 11.6 Å². The molecular formula is C21H19F2N3O2S. The standard InChI is InChI=1S/C21H19F2N3O2S/c22-16-5-2-6-17(23)19(16)20-24-18(13-29-20)21(28)26-9-7-25(8-10-26)12-14-3-1-4-15(27)11-14/h1-6,11,13,27H,7-10,12H2. The summed E-state index contributed by atoms with van der Waals surface area (Å²) in [4.78, 5) is 20.8. The van der Waals surface area contributed by atoms with Crippen LogP contribution in [0.25, 0.3) is 10.6 Å². The Morgan fingerprint density at radius 3 is 2.45 bits per heavy atom. The molecule has 1 aliphatic rings. The number of piperazine rings is 1. The van der Waals surface area contributed by atoms with Gasteiger partial charge in [-0.1, -0.05) is 18.2 Å². The van der Waals surface area contributed by atoms with Crippen molar-refractivity contribution in [3.05, 3.63) is 70.7 Å². The van der Waals surface area contributed by atoms with Gasteiger partial charge < -0.3 is 10.0 Å². The highest BCUT2D eigenvalue weighted by atomic mass is 32.1. The third-order valence-electron chi connectivity index (χ3n) is 4.88. The van der Waals surface area contributed by atoms with Crippen molar-refractivity contribution < 1.29 is 18.7 Å². The predicted molar refractivity (Wildman–Crippen MR) is 107 cm³/mol. The Bertz CT molecular complexity index is 1010. The number of carbonyl (C=O) groups is 1. The Hall–Kier alpha value is -2.84. The molecule has 4 rings (SSSR count). The van der Waals surface area contributed by atoms with Gasteiger partial charge >= 0.3 is 0 Å². The fourth-order valence-electron chi connectivity index (χ4n) is 3.37. The minimum absolute atomic E-state index is 0.159. The molecule has 1 aliphatic heterocycles. The zero-order valence-corrected chi connectivity index (χ0v) is 16.3. The minimum Gasteiger partial charge on any atom is -0.508 e. The van der Waals surface area contributed by atoms with Crippen molar-refractivity contribution in [3.63, 3.8) is 0 Å². The number of hydrogen-bond donors (Lipinski definition) is 1. The lowest BCUT2D eigenvalue weighted by Crippen LogP contribution is -2.48. The quantitative estimate of drug-likeness (QED) is 0.705. The number of aromatic hydroxyl groups is 1. The molecule has 1 amide bonds. The van der Waals surface area contributed by atoms with E-state index >= 15 is 0 Å². The molecular weight excluding hydrogens is 396 g/mol. The van der Waals surface area contributed by atoms with Gasteiger partial charge in [0.05, 0.1) is 5.56 Å². The van der Waals surface area contributed by atoms with Crippen LogP contribution in [0.1, 0.15) is 16.1 Å². The monoisotopic (exact) mass is 415 g/mol. The van der Waals surface area contributed by atoms with Crippen LogP contribution >= 0.6 is 11.3 Å². The van der Waals surface area contributed by atoms with Crippen LogP contribution in [-0.4, -0.2) is 52.0 Å². The van der Waals surface area contributed by atoms with E-state index in [0.29, 0.717) is 32.7 Å². The number of phenols is 1. The normalized spacial score (nSPS) is 14.9. The molecule has 0 bridgehead atoms. The molecule has 0 radical (unpaired) electrons. The molecule has 1 fully saturated rings. The first-order chi connectivity index (χ1) is 14.0. The Balaban J connectivity index is 1.40. The maximum Gasteiger partial charge on any atom is 0.273 e. The summed E-state index contributed by atoms with van der Waals surface area (Å²) in [5.74, 6) is -1.39. The highest BCUT2D eigenvalue weighted by molar-refractivity contribution is 7.13. The molecule has 0 unspecified atom stereocenters. The van der Waals surface area contributed by atoms with Crippen LogP contribution in [0.4, 0.5) is 8.78 Å². The average molecular weight is 415 g/mol. The second kappa shape index (κ2) is 8.26. The summed E-state index contributed by atoms with van der Waals surface area (Å²) in [7, 11) is 0. The third-order valence-corrected chi connectivity index (χ3v) is 5.74. The molecule has 29 heavy (non-hydrogen) atoms. The zero-order valence-electron chi connectivity index (χ0n) is 15.5. The van der Waals surface area contributed by atoms with Gasteiger partial charge in [-0.3, -0.25) is 9.69 Å². The van der Waals surface area contributed by atoms with Crippen LogP contribution < -0.4 is 0 Å². The number of amides is 1. The fraction of sp³-hybridized carbons (Fsp3) is 0.238. The third kappa shape index (κ3) is 4.28. The summed E-state index contributed by atoms with van der Waals surface area (Å²) >= 11 is 1.05. The molecule has 3 aromatic rings. The van der Waals surface area contributed by atoms with Gasteiger partial charge in [-0.25, -0.2) is 13.8 Å². The van der Waals surface area contributed by atoms with E-state index in [1.54, 1.807) is 22.4 Å². The summed E-state index contributed by atoms with van der Waals surface area (Å²) < 4.78 is 27.9. The van der Waals surface area contributed by atoms with Gasteiger partial charge in [0, 0.05) is 38.1 Å². The summed E-state index contributed by atoms with van der Waals surface area (Å²) in [5, 5.41) is 11.3. The maximum absolute atomic E-state index is 14.0. The number of nitrogens with zero attached hydrogens (tertiary/aromatic N) is 3. The number of hydrogen-bond acceptors (Lipinski definition) is 5. The second-order valence-electron chi connectivity index (χ2n) is 6.87. The Morgan fingerprint density at radius 1 is 1.07 bits per heavy atom. The Kier molecular flexibility index (Phi) is 5.55. The molecule has 2 heterocycles. The van der Waals surface area contributed by atoms with E-state index in [-0.39, 0.29) is 27.9 Å². The van der Waals surface area contributed by atoms with Gasteiger partial charge in [0.1, 0.15) is 28.1 Å². The number of rotatable bonds is 4. The van der Waals surface area contributed by atoms with E-state index in [0.717, 1.165) is 16.9 Å². The van der Waals surface area contributed by atoms with Gasteiger partial charge in [0.2, 0.25) is 0 Å². The first kappa shape index (κ1) is 19.5.